The Kier molecular flexibility index (Phi) is 5.81. The molecule has 0 aliphatic carbocycles. The molecule has 3 aromatic rings. The number of hydrazone groups is 1. The number of rotatable bonds is 7. The minimum Gasteiger partial charge on any atom is -0.492 e. The number of amides is 1. The molecule has 1 aliphatic rings. The fraction of sp³-hybridized carbons (Fsp3) is 0.348. The van der Waals surface area contributed by atoms with Gasteiger partial charge in [-0.1, -0.05) is 13.0 Å². The van der Waals surface area contributed by atoms with Gasteiger partial charge in [-0.3, -0.25) is 4.79 Å². The number of oxazole rings is 1. The Labute approximate surface area is 175 Å². The topological polar surface area (TPSA) is 80.0 Å². The van der Waals surface area contributed by atoms with Crippen LogP contribution in [0.5, 0.6) is 5.75 Å². The summed E-state index contributed by atoms with van der Waals surface area (Å²) >= 11 is 0. The Hall–Kier alpha value is -3.19. The summed E-state index contributed by atoms with van der Waals surface area (Å²) in [5.74, 6) is 1.45. The van der Waals surface area contributed by atoms with Gasteiger partial charge in [-0.15, -0.1) is 0 Å². The van der Waals surface area contributed by atoms with Crippen LogP contribution < -0.4 is 10.2 Å². The lowest BCUT2D eigenvalue weighted by Gasteiger charge is -2.21. The van der Waals surface area contributed by atoms with Crippen LogP contribution in [0.15, 0.2) is 52.0 Å². The molecule has 156 valence electrons. The number of carbonyl (C=O) groups is 1. The second kappa shape index (κ2) is 8.67. The largest absolute Gasteiger partial charge is 0.492 e. The molecule has 0 saturated heterocycles. The zero-order chi connectivity index (χ0) is 21.1. The minimum atomic E-state index is -0.0391. The molecular formula is C23H26N4O3. The Morgan fingerprint density at radius 2 is 1.93 bits per heavy atom. The van der Waals surface area contributed by atoms with Crippen LogP contribution in [0.25, 0.3) is 22.6 Å². The number of aromatic nitrogens is 1. The van der Waals surface area contributed by atoms with Crippen LogP contribution in [0.1, 0.15) is 25.3 Å². The molecule has 0 radical (unpaired) electrons. The minimum absolute atomic E-state index is 0.0391. The van der Waals surface area contributed by atoms with E-state index in [0.717, 1.165) is 41.1 Å². The van der Waals surface area contributed by atoms with Crippen LogP contribution in [-0.4, -0.2) is 48.7 Å². The molecule has 1 aliphatic heterocycles. The summed E-state index contributed by atoms with van der Waals surface area (Å²) in [4.78, 5) is 18.3. The van der Waals surface area contributed by atoms with E-state index in [4.69, 9.17) is 9.15 Å². The van der Waals surface area contributed by atoms with Crippen molar-refractivity contribution in [3.05, 3.63) is 48.0 Å². The third kappa shape index (κ3) is 4.36. The first-order chi connectivity index (χ1) is 14.5. The molecule has 0 spiro atoms. The highest BCUT2D eigenvalue weighted by Crippen LogP contribution is 2.28. The number of fused-ring (bicyclic) bond motifs is 1. The second-order valence-electron chi connectivity index (χ2n) is 7.72. The van der Waals surface area contributed by atoms with Crippen molar-refractivity contribution in [2.24, 2.45) is 11.0 Å². The molecule has 0 bridgehead atoms. The molecule has 1 unspecified atom stereocenters. The molecule has 30 heavy (non-hydrogen) atoms. The number of carbonyl (C=O) groups excluding carboxylic acids is 1. The lowest BCUT2D eigenvalue weighted by Crippen LogP contribution is -2.33. The molecule has 0 fully saturated rings. The van der Waals surface area contributed by atoms with Gasteiger partial charge in [0.05, 0.1) is 5.71 Å². The van der Waals surface area contributed by atoms with Crippen molar-refractivity contribution in [1.82, 2.24) is 15.3 Å². The number of hydrogen-bond donors (Lipinski definition) is 1. The fourth-order valence-corrected chi connectivity index (χ4v) is 3.47. The molecule has 1 N–H and O–H groups in total. The van der Waals surface area contributed by atoms with E-state index >= 15 is 0 Å². The Balaban J connectivity index is 1.55. The predicted molar refractivity (Wildman–Crippen MR) is 117 cm³/mol. The maximum Gasteiger partial charge on any atom is 0.240 e. The van der Waals surface area contributed by atoms with Crippen LogP contribution >= 0.6 is 0 Å². The average molecular weight is 406 g/mol. The SMILES string of the molecule is CCC1CC(=O)NN=C1c1ccc2nc(-c3ccc(OCCN(C)C)cc3)oc2c1. The zero-order valence-corrected chi connectivity index (χ0v) is 17.5. The summed E-state index contributed by atoms with van der Waals surface area (Å²) in [5.41, 5.74) is 6.79. The summed E-state index contributed by atoms with van der Waals surface area (Å²) in [7, 11) is 4.04. The number of benzene rings is 2. The van der Waals surface area contributed by atoms with Gasteiger partial charge >= 0.3 is 0 Å². The van der Waals surface area contributed by atoms with Crippen molar-refractivity contribution in [1.29, 1.82) is 0 Å². The van der Waals surface area contributed by atoms with E-state index in [0.29, 0.717) is 24.5 Å². The van der Waals surface area contributed by atoms with Gasteiger partial charge in [0.2, 0.25) is 11.8 Å². The van der Waals surface area contributed by atoms with E-state index < -0.39 is 0 Å². The molecule has 7 nitrogen and oxygen atoms in total. The summed E-state index contributed by atoms with van der Waals surface area (Å²) in [6.07, 6.45) is 1.31. The number of hydrogen-bond acceptors (Lipinski definition) is 6. The van der Waals surface area contributed by atoms with Gasteiger partial charge in [-0.25, -0.2) is 10.4 Å². The van der Waals surface area contributed by atoms with Crippen LogP contribution in [0.2, 0.25) is 0 Å². The summed E-state index contributed by atoms with van der Waals surface area (Å²) in [5, 5.41) is 4.29. The number of ether oxygens (including phenoxy) is 1. The number of nitrogens with zero attached hydrogens (tertiary/aromatic N) is 3. The van der Waals surface area contributed by atoms with Gasteiger partial charge in [-0.2, -0.15) is 5.10 Å². The maximum absolute atomic E-state index is 11.6. The molecule has 1 atom stereocenters. The average Bonchev–Trinajstić information content (AvgIpc) is 3.17. The lowest BCUT2D eigenvalue weighted by molar-refractivity contribution is -0.122. The van der Waals surface area contributed by atoms with Crippen LogP contribution in [0, 0.1) is 5.92 Å². The second-order valence-corrected chi connectivity index (χ2v) is 7.72. The van der Waals surface area contributed by atoms with Crippen molar-refractivity contribution >= 4 is 22.7 Å². The molecule has 1 aromatic heterocycles. The van der Waals surface area contributed by atoms with E-state index in [1.807, 2.05) is 56.6 Å². The molecule has 2 heterocycles. The first-order valence-electron chi connectivity index (χ1n) is 10.2. The predicted octanol–water partition coefficient (Wildman–Crippen LogP) is 3.69. The van der Waals surface area contributed by atoms with Gasteiger partial charge < -0.3 is 14.1 Å². The van der Waals surface area contributed by atoms with E-state index in [2.05, 4.69) is 27.3 Å². The van der Waals surface area contributed by atoms with Gasteiger partial charge in [0.1, 0.15) is 17.9 Å². The molecule has 7 heteroatoms. The summed E-state index contributed by atoms with van der Waals surface area (Å²) in [6, 6.07) is 13.6. The number of likely N-dealkylation sites (N-methyl/N-ethyl adjacent to an activating group) is 1. The van der Waals surface area contributed by atoms with Crippen molar-refractivity contribution < 1.29 is 13.9 Å². The highest BCUT2D eigenvalue weighted by Gasteiger charge is 2.24. The molecule has 4 rings (SSSR count). The van der Waals surface area contributed by atoms with E-state index in [1.54, 1.807) is 0 Å². The summed E-state index contributed by atoms with van der Waals surface area (Å²) < 4.78 is 11.8. The first-order valence-corrected chi connectivity index (χ1v) is 10.2. The quantitative estimate of drug-likeness (QED) is 0.647. The molecule has 2 aromatic carbocycles. The van der Waals surface area contributed by atoms with E-state index in [9.17, 15) is 4.79 Å². The van der Waals surface area contributed by atoms with E-state index in [1.165, 1.54) is 0 Å². The Morgan fingerprint density at radius 1 is 1.17 bits per heavy atom. The van der Waals surface area contributed by atoms with E-state index in [-0.39, 0.29) is 11.8 Å². The summed E-state index contributed by atoms with van der Waals surface area (Å²) in [6.45, 7) is 3.57. The molecule has 1 amide bonds. The van der Waals surface area contributed by atoms with Crippen molar-refractivity contribution in [2.75, 3.05) is 27.2 Å². The lowest BCUT2D eigenvalue weighted by atomic mass is 9.90. The third-order valence-electron chi connectivity index (χ3n) is 5.21. The van der Waals surface area contributed by atoms with Crippen LogP contribution in [0.4, 0.5) is 0 Å². The van der Waals surface area contributed by atoms with Crippen molar-refractivity contribution in [3.63, 3.8) is 0 Å². The Morgan fingerprint density at radius 3 is 2.67 bits per heavy atom. The van der Waals surface area contributed by atoms with Gasteiger partial charge in [0.25, 0.3) is 0 Å². The molecule has 0 saturated carbocycles. The normalized spacial score (nSPS) is 16.6. The first kappa shape index (κ1) is 20.1. The Bertz CT molecular complexity index is 1070. The number of nitrogens with one attached hydrogen (secondary N) is 1. The third-order valence-corrected chi connectivity index (χ3v) is 5.21. The molecular weight excluding hydrogens is 380 g/mol. The highest BCUT2D eigenvalue weighted by molar-refractivity contribution is 6.07. The highest BCUT2D eigenvalue weighted by atomic mass is 16.5. The standard InChI is InChI=1S/C23H26N4O3/c1-4-15-14-21(28)25-26-22(15)17-7-10-19-20(13-17)30-23(24-19)16-5-8-18(9-6-16)29-12-11-27(2)3/h5-10,13,15H,4,11-12,14H2,1-3H3,(H,25,28). The van der Waals surface area contributed by atoms with Gasteiger partial charge in [-0.05, 0) is 56.9 Å². The zero-order valence-electron chi connectivity index (χ0n) is 17.5. The monoisotopic (exact) mass is 406 g/mol. The smallest absolute Gasteiger partial charge is 0.240 e. The van der Waals surface area contributed by atoms with Crippen LogP contribution in [-0.2, 0) is 4.79 Å². The van der Waals surface area contributed by atoms with Crippen molar-refractivity contribution in [2.45, 2.75) is 19.8 Å². The van der Waals surface area contributed by atoms with Crippen molar-refractivity contribution in [3.8, 4) is 17.2 Å². The fourth-order valence-electron chi connectivity index (χ4n) is 3.47. The van der Waals surface area contributed by atoms with Crippen LogP contribution in [0.3, 0.4) is 0 Å². The van der Waals surface area contributed by atoms with Gasteiger partial charge in [0, 0.05) is 30.0 Å². The maximum atomic E-state index is 11.6. The van der Waals surface area contributed by atoms with Gasteiger partial charge in [0.15, 0.2) is 5.58 Å².